The SMILES string of the molecule is C=C=C=C=C=C=C=C=C=CC1(C=C=C=C=C=C=C=C=C=C)c2ccccc2-c2ccc(-c3ccc4c(c3)c3cc(-c5ccc6c(c5)c5cc(-c7ccc8c(c7)C(CCCCCCCCCC)(CCCCCCCCCC)c7ccccc7-8)ccc5n6-c5ccc(OC)cc5)ccc3n4-c3ccc(OC)cc3)cc21.[HH].[HH].[HH].[HH].[HH].[HH].[HH].[HH].[HH].[HH].[HH].[HH].[HH].[HH].[HH].[HH].[HH].[HH].[HH].[HH]. The molecular weight excluding hydrogens is 1310 g/mol. The summed E-state index contributed by atoms with van der Waals surface area (Å²) in [6.45, 7) is 11.7. The Kier molecular flexibility index (Phi) is 22.8. The summed E-state index contributed by atoms with van der Waals surface area (Å²) in [4.78, 5) is 0. The van der Waals surface area contributed by atoms with Gasteiger partial charge in [-0.05, 0) is 294 Å². The fraction of sp³-hybridized carbons (Fsp3) is 0.231. The van der Waals surface area contributed by atoms with E-state index in [1.54, 1.807) is 19.8 Å². The first-order valence-corrected chi connectivity index (χ1v) is 38.5. The smallest absolute Gasteiger partial charge is 0.119 e. The highest BCUT2D eigenvalue weighted by molar-refractivity contribution is 6.14. The van der Waals surface area contributed by atoms with Gasteiger partial charge in [0, 0.05) is 66.9 Å². The van der Waals surface area contributed by atoms with E-state index in [1.807, 2.05) is 24.3 Å². The largest absolute Gasteiger partial charge is 0.497 e. The molecule has 0 saturated carbocycles. The minimum atomic E-state index is -0.866. The second-order valence-electron chi connectivity index (χ2n) is 28.4. The maximum Gasteiger partial charge on any atom is 0.119 e. The first kappa shape index (κ1) is 72.3. The van der Waals surface area contributed by atoms with Crippen molar-refractivity contribution in [1.82, 2.24) is 9.13 Å². The molecule has 0 bridgehead atoms. The zero-order valence-electron chi connectivity index (χ0n) is 62.6. The Morgan fingerprint density at radius 2 is 0.648 bits per heavy atom. The van der Waals surface area contributed by atoms with Crippen molar-refractivity contribution in [2.75, 3.05) is 14.2 Å². The molecule has 108 heavy (non-hydrogen) atoms. The standard InChI is InChI=1S/C104H88N2O2.20H2/c1-7-11-15-19-23-27-31-39-67-103(68-40-32-28-24-20-16-12-8-2)95-45-37-35-43-87(95)89-61-47-81(75-97(89)103)79-51-65-101-93(73-79)91-71-77(49-63-99(91)105(101)83-53-57-85(107-5)58-54-83)78-50-64-100-92(72-78)94-74-80(52-66-102(94)106(100)84-55-59-86(108-6)60-56-84)82-48-62-90-88-44-36-38-46-96(88)104(98(90)76-82,69-41-33-29-25-21-17-13-9-3)70-42-34-30-26-22-18-14-10-4;;;;;;;;;;;;;;;;;;;;/h35-38,43-68,71-76H,1-2,9-10,13-14,17-18,21-22,25-26,29-30,33-34,41-42,69-70H2,3-6H3;20*1H. The number of benzene rings is 10. The number of methoxy groups -OCH3 is 2. The molecule has 0 N–H and O–H groups in total. The number of aromatic nitrogens is 2. The van der Waals surface area contributed by atoms with Gasteiger partial charge in [-0.2, -0.15) is 0 Å². The number of hydrogen-bond acceptors (Lipinski definition) is 2. The Morgan fingerprint density at radius 1 is 0.324 bits per heavy atom. The molecule has 0 atom stereocenters. The molecule has 10 aromatic carbocycles. The zero-order chi connectivity index (χ0) is 74.1. The van der Waals surface area contributed by atoms with Crippen LogP contribution in [0.5, 0.6) is 11.5 Å². The van der Waals surface area contributed by atoms with Crippen molar-refractivity contribution < 1.29 is 38.0 Å². The molecule has 0 radical (unpaired) electrons. The lowest BCUT2D eigenvalue weighted by molar-refractivity contribution is 0.397. The van der Waals surface area contributed by atoms with E-state index in [2.05, 4.69) is 322 Å². The molecule has 566 valence electrons. The fourth-order valence-electron chi connectivity index (χ4n) is 16.8. The minimum Gasteiger partial charge on any atom is -0.497 e. The molecular formula is C104H128N2O2. The molecule has 12 aromatic rings. The van der Waals surface area contributed by atoms with E-state index in [9.17, 15) is 0 Å². The number of ether oxygens (including phenoxy) is 2. The molecule has 0 unspecified atom stereocenters. The van der Waals surface area contributed by atoms with Crippen molar-refractivity contribution in [3.63, 3.8) is 0 Å². The van der Waals surface area contributed by atoms with Crippen molar-refractivity contribution in [3.05, 3.63) is 346 Å². The molecule has 14 rings (SSSR count). The number of unbranched alkanes of at least 4 members (excludes halogenated alkanes) is 14. The van der Waals surface area contributed by atoms with Crippen molar-refractivity contribution in [1.29, 1.82) is 0 Å². The maximum absolute atomic E-state index is 5.72. The summed E-state index contributed by atoms with van der Waals surface area (Å²) in [5.74, 6) is 1.62. The van der Waals surface area contributed by atoms with Gasteiger partial charge in [0.1, 0.15) is 11.5 Å². The van der Waals surface area contributed by atoms with Gasteiger partial charge >= 0.3 is 0 Å². The zero-order valence-corrected chi connectivity index (χ0v) is 62.6. The van der Waals surface area contributed by atoms with Crippen molar-refractivity contribution in [2.24, 2.45) is 0 Å². The Bertz CT molecular complexity index is 6100. The summed E-state index contributed by atoms with van der Waals surface area (Å²) >= 11 is 0. The topological polar surface area (TPSA) is 28.3 Å². The highest BCUT2D eigenvalue weighted by atomic mass is 16.5. The van der Waals surface area contributed by atoms with E-state index in [-0.39, 0.29) is 33.9 Å². The van der Waals surface area contributed by atoms with Crippen LogP contribution in [0.1, 0.15) is 180 Å². The minimum absolute atomic E-state index is 0. The third-order valence-electron chi connectivity index (χ3n) is 22.0. The first-order chi connectivity index (χ1) is 53.3. The van der Waals surface area contributed by atoms with Crippen LogP contribution in [-0.2, 0) is 10.8 Å². The summed E-state index contributed by atoms with van der Waals surface area (Å²) in [5.41, 5.74) is 67.8. The van der Waals surface area contributed by atoms with Gasteiger partial charge in [0.05, 0.1) is 41.7 Å². The van der Waals surface area contributed by atoms with E-state index in [0.717, 1.165) is 100 Å². The van der Waals surface area contributed by atoms with Crippen molar-refractivity contribution >= 4 is 43.6 Å². The summed E-state index contributed by atoms with van der Waals surface area (Å²) < 4.78 is 16.2. The van der Waals surface area contributed by atoms with E-state index < -0.39 is 5.41 Å². The van der Waals surface area contributed by atoms with Gasteiger partial charge in [-0.15, -0.1) is 0 Å². The quantitative estimate of drug-likeness (QED) is 0.0379. The highest BCUT2D eigenvalue weighted by Gasteiger charge is 2.43. The van der Waals surface area contributed by atoms with Crippen LogP contribution >= 0.6 is 0 Å². The van der Waals surface area contributed by atoms with E-state index in [0.29, 0.717) is 0 Å². The molecule has 0 saturated heterocycles. The lowest BCUT2D eigenvalue weighted by atomic mass is 9.70. The van der Waals surface area contributed by atoms with Crippen LogP contribution in [0, 0.1) is 0 Å². The van der Waals surface area contributed by atoms with Crippen molar-refractivity contribution in [3.8, 4) is 78.5 Å². The van der Waals surface area contributed by atoms with Crippen LogP contribution in [0.3, 0.4) is 0 Å². The number of hydrogen-bond donors (Lipinski definition) is 0. The highest BCUT2D eigenvalue weighted by Crippen LogP contribution is 2.56. The molecule has 4 nitrogen and oxygen atoms in total. The van der Waals surface area contributed by atoms with Crippen LogP contribution in [0.4, 0.5) is 0 Å². The van der Waals surface area contributed by atoms with Gasteiger partial charge in [0.15, 0.2) is 0 Å². The second kappa shape index (κ2) is 34.1. The van der Waals surface area contributed by atoms with E-state index in [4.69, 9.17) is 9.47 Å². The third-order valence-corrected chi connectivity index (χ3v) is 22.0. The van der Waals surface area contributed by atoms with Crippen LogP contribution in [0.15, 0.2) is 323 Å². The van der Waals surface area contributed by atoms with Crippen LogP contribution in [0.25, 0.3) is 111 Å². The summed E-state index contributed by atoms with van der Waals surface area (Å²) in [6.07, 6.45) is 27.4. The Balaban J connectivity index is -0.00000146. The molecule has 2 heterocycles. The molecule has 4 heteroatoms. The Hall–Kier alpha value is -12.6. The van der Waals surface area contributed by atoms with Gasteiger partial charge < -0.3 is 18.6 Å². The normalized spacial score (nSPS) is 12.9. The van der Waals surface area contributed by atoms with Crippen LogP contribution in [-0.4, -0.2) is 23.4 Å². The average Bonchev–Trinajstić information content (AvgIpc) is 1.57. The monoisotopic (exact) mass is 1440 g/mol. The lowest BCUT2D eigenvalue weighted by Gasteiger charge is -2.33. The van der Waals surface area contributed by atoms with Gasteiger partial charge in [-0.25, -0.2) is 0 Å². The van der Waals surface area contributed by atoms with Gasteiger partial charge in [0.2, 0.25) is 0 Å². The average molecular weight is 1440 g/mol. The predicted octanol–water partition coefficient (Wildman–Crippen LogP) is 32.3. The summed E-state index contributed by atoms with van der Waals surface area (Å²) in [6, 6.07) is 77.0. The van der Waals surface area contributed by atoms with Gasteiger partial charge in [-0.3, -0.25) is 0 Å². The molecule has 2 aliphatic carbocycles. The molecule has 2 aromatic heterocycles. The molecule has 2 aliphatic rings. The second-order valence-corrected chi connectivity index (χ2v) is 28.4. The molecule has 0 spiro atoms. The molecule has 0 fully saturated rings. The molecule has 0 aliphatic heterocycles. The first-order valence-electron chi connectivity index (χ1n) is 38.5. The Morgan fingerprint density at radius 3 is 1.06 bits per heavy atom. The lowest BCUT2D eigenvalue weighted by Crippen LogP contribution is -2.25. The van der Waals surface area contributed by atoms with Crippen molar-refractivity contribution in [2.45, 2.75) is 140 Å². The summed E-state index contributed by atoms with van der Waals surface area (Å²) in [5, 5.41) is 4.64. The fourth-order valence-corrected chi connectivity index (χ4v) is 16.8. The molecule has 0 amide bonds. The van der Waals surface area contributed by atoms with E-state index >= 15 is 0 Å². The number of fused-ring (bicyclic) bond motifs is 12. The van der Waals surface area contributed by atoms with Crippen LogP contribution in [0.2, 0.25) is 0 Å². The van der Waals surface area contributed by atoms with Gasteiger partial charge in [0.25, 0.3) is 0 Å². The number of allylic oxidation sites excluding steroid dienone is 2. The number of nitrogens with zero attached hydrogens (tertiary/aromatic N) is 2. The maximum atomic E-state index is 5.72. The third kappa shape index (κ3) is 14.9. The number of rotatable bonds is 27. The van der Waals surface area contributed by atoms with E-state index in [1.165, 1.54) is 154 Å². The summed E-state index contributed by atoms with van der Waals surface area (Å²) in [7, 11) is 3.44. The van der Waals surface area contributed by atoms with Crippen LogP contribution < -0.4 is 9.47 Å². The van der Waals surface area contributed by atoms with Gasteiger partial charge in [-0.1, -0.05) is 237 Å². The Labute approximate surface area is 666 Å². The predicted molar refractivity (Wildman–Crippen MR) is 490 cm³/mol.